The van der Waals surface area contributed by atoms with E-state index in [2.05, 4.69) is 25.4 Å². The molecule has 1 N–H and O–H groups in total. The van der Waals surface area contributed by atoms with Gasteiger partial charge in [0, 0.05) is 17.8 Å². The zero-order valence-electron chi connectivity index (χ0n) is 12.5. The first kappa shape index (κ1) is 15.7. The van der Waals surface area contributed by atoms with Crippen molar-refractivity contribution in [1.82, 2.24) is 24.7 Å². The number of nitrogens with one attached hydrogen (secondary N) is 1. The first-order valence-electron chi connectivity index (χ1n) is 6.93. The second-order valence-corrected chi connectivity index (χ2v) is 5.27. The number of carbonyl (C=O) groups is 2. The van der Waals surface area contributed by atoms with E-state index in [-0.39, 0.29) is 23.3 Å². The minimum absolute atomic E-state index is 0.104. The van der Waals surface area contributed by atoms with Crippen molar-refractivity contribution in [3.05, 3.63) is 46.9 Å². The highest BCUT2D eigenvalue weighted by Gasteiger charge is 2.18. The van der Waals surface area contributed by atoms with Crippen LogP contribution in [0.1, 0.15) is 27.2 Å². The summed E-state index contributed by atoms with van der Waals surface area (Å²) in [5.41, 5.74) is 0.802. The Hall–Kier alpha value is -3.14. The topological polar surface area (TPSA) is 112 Å². The highest BCUT2D eigenvalue weighted by Crippen LogP contribution is 2.15. The third kappa shape index (κ3) is 3.27. The molecule has 0 aliphatic heterocycles. The number of carbonyl (C=O) groups excluding carboxylic acids is 2. The molecule has 3 aromatic rings. The molecule has 0 saturated heterocycles. The molecular formula is C14H12N6O3S. The van der Waals surface area contributed by atoms with Gasteiger partial charge in [0.2, 0.25) is 11.0 Å². The van der Waals surface area contributed by atoms with Gasteiger partial charge in [-0.05, 0) is 19.1 Å². The van der Waals surface area contributed by atoms with E-state index in [1.807, 2.05) is 0 Å². The van der Waals surface area contributed by atoms with E-state index in [4.69, 9.17) is 4.74 Å². The summed E-state index contributed by atoms with van der Waals surface area (Å²) in [5, 5.41) is 8.28. The second-order valence-electron chi connectivity index (χ2n) is 4.41. The molecule has 10 heteroatoms. The minimum Gasteiger partial charge on any atom is -0.461 e. The van der Waals surface area contributed by atoms with Crippen LogP contribution >= 0.6 is 11.3 Å². The Morgan fingerprint density at radius 3 is 2.88 bits per heavy atom. The number of rotatable bonds is 5. The van der Waals surface area contributed by atoms with Crippen LogP contribution in [0, 0.1) is 0 Å². The van der Waals surface area contributed by atoms with E-state index >= 15 is 0 Å². The number of esters is 1. The lowest BCUT2D eigenvalue weighted by molar-refractivity contribution is 0.0526. The van der Waals surface area contributed by atoms with Crippen molar-refractivity contribution in [3.8, 4) is 5.69 Å². The number of pyridine rings is 1. The van der Waals surface area contributed by atoms with Crippen LogP contribution < -0.4 is 5.32 Å². The van der Waals surface area contributed by atoms with Crippen molar-refractivity contribution in [2.75, 3.05) is 11.9 Å². The molecule has 3 rings (SSSR count). The molecule has 0 aliphatic carbocycles. The molecule has 0 aromatic carbocycles. The van der Waals surface area contributed by atoms with E-state index in [0.29, 0.717) is 5.69 Å². The van der Waals surface area contributed by atoms with E-state index < -0.39 is 11.9 Å². The lowest BCUT2D eigenvalue weighted by Gasteiger charge is -2.05. The summed E-state index contributed by atoms with van der Waals surface area (Å²) in [5.74, 6) is -0.816. The van der Waals surface area contributed by atoms with Gasteiger partial charge >= 0.3 is 5.97 Å². The molecule has 122 valence electrons. The van der Waals surface area contributed by atoms with E-state index in [9.17, 15) is 9.59 Å². The van der Waals surface area contributed by atoms with Gasteiger partial charge in [-0.25, -0.2) is 9.78 Å². The smallest absolute Gasteiger partial charge is 0.367 e. The average molecular weight is 344 g/mol. The molecule has 24 heavy (non-hydrogen) atoms. The maximum atomic E-state index is 12.3. The number of ether oxygens (including phenoxy) is 1. The van der Waals surface area contributed by atoms with Gasteiger partial charge in [-0.3, -0.25) is 15.1 Å². The molecule has 3 heterocycles. The molecule has 0 atom stereocenters. The zero-order chi connectivity index (χ0) is 16.9. The number of nitrogens with zero attached hydrogens (tertiary/aromatic N) is 5. The third-order valence-corrected chi connectivity index (χ3v) is 3.69. The molecule has 1 amide bonds. The molecule has 0 saturated carbocycles. The first-order valence-corrected chi connectivity index (χ1v) is 7.81. The molecule has 3 aromatic heterocycles. The first-order chi connectivity index (χ1) is 11.7. The van der Waals surface area contributed by atoms with Gasteiger partial charge in [0.25, 0.3) is 5.91 Å². The third-order valence-electron chi connectivity index (χ3n) is 2.87. The minimum atomic E-state index is -0.554. The number of aromatic nitrogens is 5. The van der Waals surface area contributed by atoms with Crippen LogP contribution in [-0.4, -0.2) is 43.2 Å². The molecule has 9 nitrogen and oxygen atoms in total. The molecule has 0 fully saturated rings. The Morgan fingerprint density at radius 2 is 2.12 bits per heavy atom. The predicted octanol–water partition coefficient (Wildman–Crippen LogP) is 1.55. The Morgan fingerprint density at radius 1 is 1.33 bits per heavy atom. The number of thiazole rings is 1. The van der Waals surface area contributed by atoms with Crippen LogP contribution in [0.25, 0.3) is 5.69 Å². The summed E-state index contributed by atoms with van der Waals surface area (Å²) in [7, 11) is 0. The molecule has 0 bridgehead atoms. The zero-order valence-corrected chi connectivity index (χ0v) is 13.4. The fourth-order valence-corrected chi connectivity index (χ4v) is 2.52. The lowest BCUT2D eigenvalue weighted by atomic mass is 10.4. The monoisotopic (exact) mass is 344 g/mol. The fourth-order valence-electron chi connectivity index (χ4n) is 1.83. The summed E-state index contributed by atoms with van der Waals surface area (Å²) in [6.45, 7) is 1.94. The van der Waals surface area contributed by atoms with Crippen LogP contribution in [0.4, 0.5) is 5.95 Å². The SMILES string of the molecule is CCOC(=O)c1nc(C(=O)Nc2ncnn2-c2ccncc2)cs1. The summed E-state index contributed by atoms with van der Waals surface area (Å²) in [4.78, 5) is 35.8. The molecule has 0 unspecified atom stereocenters. The number of hydrogen-bond donors (Lipinski definition) is 1. The number of anilines is 1. The van der Waals surface area contributed by atoms with Gasteiger partial charge in [0.15, 0.2) is 0 Å². The van der Waals surface area contributed by atoms with Crippen LogP contribution in [-0.2, 0) is 4.74 Å². The quantitative estimate of drug-likeness (QED) is 0.699. The summed E-state index contributed by atoms with van der Waals surface area (Å²) in [6, 6.07) is 3.46. The van der Waals surface area contributed by atoms with Crippen molar-refractivity contribution < 1.29 is 14.3 Å². The van der Waals surface area contributed by atoms with Crippen molar-refractivity contribution >= 4 is 29.2 Å². The highest BCUT2D eigenvalue weighted by molar-refractivity contribution is 7.11. The van der Waals surface area contributed by atoms with Gasteiger partial charge in [0.05, 0.1) is 12.3 Å². The summed E-state index contributed by atoms with van der Waals surface area (Å²) < 4.78 is 6.31. The Kier molecular flexibility index (Phi) is 4.57. The average Bonchev–Trinajstić information content (AvgIpc) is 3.25. The van der Waals surface area contributed by atoms with E-state index in [1.54, 1.807) is 31.5 Å². The predicted molar refractivity (Wildman–Crippen MR) is 85.2 cm³/mol. The van der Waals surface area contributed by atoms with Gasteiger partial charge in [0.1, 0.15) is 12.0 Å². The lowest BCUT2D eigenvalue weighted by Crippen LogP contribution is -2.17. The van der Waals surface area contributed by atoms with Crippen molar-refractivity contribution in [2.24, 2.45) is 0 Å². The van der Waals surface area contributed by atoms with Crippen molar-refractivity contribution in [1.29, 1.82) is 0 Å². The van der Waals surface area contributed by atoms with Crippen LogP contribution in [0.3, 0.4) is 0 Å². The van der Waals surface area contributed by atoms with Gasteiger partial charge in [-0.2, -0.15) is 14.8 Å². The standard InChI is InChI=1S/C14H12N6O3S/c1-2-23-13(22)12-18-10(7-24-12)11(21)19-14-16-8-17-20(14)9-3-5-15-6-4-9/h3-8H,2H2,1H3,(H,16,17,19,21). The Balaban J connectivity index is 1.77. The van der Waals surface area contributed by atoms with E-state index in [0.717, 1.165) is 11.3 Å². The van der Waals surface area contributed by atoms with E-state index in [1.165, 1.54) is 16.4 Å². The van der Waals surface area contributed by atoms with Crippen LogP contribution in [0.2, 0.25) is 0 Å². The van der Waals surface area contributed by atoms with Crippen LogP contribution in [0.15, 0.2) is 36.2 Å². The van der Waals surface area contributed by atoms with Gasteiger partial charge < -0.3 is 4.74 Å². The van der Waals surface area contributed by atoms with Crippen LogP contribution in [0.5, 0.6) is 0 Å². The Bertz CT molecular complexity index is 860. The van der Waals surface area contributed by atoms with Gasteiger partial charge in [-0.15, -0.1) is 11.3 Å². The summed E-state index contributed by atoms with van der Waals surface area (Å²) >= 11 is 1.04. The summed E-state index contributed by atoms with van der Waals surface area (Å²) in [6.07, 6.45) is 4.53. The normalized spacial score (nSPS) is 10.4. The second kappa shape index (κ2) is 6.96. The largest absolute Gasteiger partial charge is 0.461 e. The highest BCUT2D eigenvalue weighted by atomic mass is 32.1. The van der Waals surface area contributed by atoms with Crippen molar-refractivity contribution in [2.45, 2.75) is 6.92 Å². The molecule has 0 radical (unpaired) electrons. The fraction of sp³-hybridized carbons (Fsp3) is 0.143. The maximum absolute atomic E-state index is 12.3. The number of amides is 1. The Labute approximate surface area is 140 Å². The number of hydrogen-bond acceptors (Lipinski definition) is 8. The molecular weight excluding hydrogens is 332 g/mol. The maximum Gasteiger partial charge on any atom is 0.367 e. The molecule has 0 aliphatic rings. The molecule has 0 spiro atoms. The van der Waals surface area contributed by atoms with Crippen molar-refractivity contribution in [3.63, 3.8) is 0 Å². The van der Waals surface area contributed by atoms with Gasteiger partial charge in [-0.1, -0.05) is 0 Å².